The summed E-state index contributed by atoms with van der Waals surface area (Å²) in [5.41, 5.74) is 1.76. The van der Waals surface area contributed by atoms with E-state index < -0.39 is 0 Å². The standard InChI is InChI=1S/C12H15BrN2O/c1-3-15(6-7-16-2)12-5-4-10(9-14)8-11(12)13/h4-5,8H,3,6-7H2,1-2H3. The van der Waals surface area contributed by atoms with E-state index in [1.165, 1.54) is 0 Å². The molecule has 16 heavy (non-hydrogen) atoms. The molecule has 3 nitrogen and oxygen atoms in total. The second-order valence-electron chi connectivity index (χ2n) is 3.35. The number of benzene rings is 1. The Hall–Kier alpha value is -1.05. The number of hydrogen-bond donors (Lipinski definition) is 0. The van der Waals surface area contributed by atoms with Crippen molar-refractivity contribution in [2.45, 2.75) is 6.92 Å². The van der Waals surface area contributed by atoms with Crippen LogP contribution in [0.1, 0.15) is 12.5 Å². The van der Waals surface area contributed by atoms with Crippen LogP contribution in [-0.2, 0) is 4.74 Å². The van der Waals surface area contributed by atoms with Gasteiger partial charge in [0.05, 0.1) is 23.9 Å². The fourth-order valence-electron chi connectivity index (χ4n) is 1.48. The first-order chi connectivity index (χ1) is 7.72. The number of ether oxygens (including phenoxy) is 1. The van der Waals surface area contributed by atoms with Crippen molar-refractivity contribution in [3.05, 3.63) is 28.2 Å². The van der Waals surface area contributed by atoms with E-state index in [0.29, 0.717) is 12.2 Å². The molecule has 1 aromatic carbocycles. The van der Waals surface area contributed by atoms with Crippen LogP contribution in [0.4, 0.5) is 5.69 Å². The highest BCUT2D eigenvalue weighted by molar-refractivity contribution is 9.10. The van der Waals surface area contributed by atoms with E-state index in [2.05, 4.69) is 33.8 Å². The van der Waals surface area contributed by atoms with E-state index in [1.54, 1.807) is 7.11 Å². The van der Waals surface area contributed by atoms with E-state index in [1.807, 2.05) is 18.2 Å². The molecule has 4 heteroatoms. The van der Waals surface area contributed by atoms with E-state index >= 15 is 0 Å². The van der Waals surface area contributed by atoms with Gasteiger partial charge in [-0.1, -0.05) is 0 Å². The number of halogens is 1. The first-order valence-electron chi connectivity index (χ1n) is 5.16. The van der Waals surface area contributed by atoms with Gasteiger partial charge in [-0.3, -0.25) is 0 Å². The number of nitriles is 1. The minimum Gasteiger partial charge on any atom is -0.383 e. The summed E-state index contributed by atoms with van der Waals surface area (Å²) in [5.74, 6) is 0. The van der Waals surface area contributed by atoms with Crippen LogP contribution in [0.5, 0.6) is 0 Å². The Kier molecular flexibility index (Phi) is 5.30. The zero-order valence-electron chi connectivity index (χ0n) is 9.53. The molecule has 0 radical (unpaired) electrons. The summed E-state index contributed by atoms with van der Waals surface area (Å²) in [6, 6.07) is 7.75. The van der Waals surface area contributed by atoms with Gasteiger partial charge in [0.2, 0.25) is 0 Å². The molecule has 0 N–H and O–H groups in total. The second kappa shape index (κ2) is 6.51. The largest absolute Gasteiger partial charge is 0.383 e. The van der Waals surface area contributed by atoms with Crippen molar-refractivity contribution in [1.82, 2.24) is 0 Å². The van der Waals surface area contributed by atoms with E-state index in [9.17, 15) is 0 Å². The van der Waals surface area contributed by atoms with Crippen molar-refractivity contribution in [3.63, 3.8) is 0 Å². The summed E-state index contributed by atoms with van der Waals surface area (Å²) in [5, 5.41) is 8.79. The van der Waals surface area contributed by atoms with Gasteiger partial charge in [0.25, 0.3) is 0 Å². The van der Waals surface area contributed by atoms with Crippen LogP contribution in [0.15, 0.2) is 22.7 Å². The highest BCUT2D eigenvalue weighted by Crippen LogP contribution is 2.26. The van der Waals surface area contributed by atoms with Crippen molar-refractivity contribution in [3.8, 4) is 6.07 Å². The second-order valence-corrected chi connectivity index (χ2v) is 4.20. The molecule has 0 bridgehead atoms. The molecule has 0 atom stereocenters. The van der Waals surface area contributed by atoms with Crippen molar-refractivity contribution >= 4 is 21.6 Å². The topological polar surface area (TPSA) is 36.3 Å². The smallest absolute Gasteiger partial charge is 0.0992 e. The molecule has 0 spiro atoms. The minimum absolute atomic E-state index is 0.665. The first-order valence-corrected chi connectivity index (χ1v) is 5.95. The Morgan fingerprint density at radius 2 is 2.25 bits per heavy atom. The van der Waals surface area contributed by atoms with E-state index in [4.69, 9.17) is 10.00 Å². The van der Waals surface area contributed by atoms with Gasteiger partial charge in [-0.25, -0.2) is 0 Å². The monoisotopic (exact) mass is 282 g/mol. The van der Waals surface area contributed by atoms with Crippen LogP contribution in [0.2, 0.25) is 0 Å². The maximum atomic E-state index is 8.79. The molecular weight excluding hydrogens is 268 g/mol. The van der Waals surface area contributed by atoms with Gasteiger partial charge in [-0.2, -0.15) is 5.26 Å². The van der Waals surface area contributed by atoms with Gasteiger partial charge in [-0.05, 0) is 41.1 Å². The Balaban J connectivity index is 2.89. The van der Waals surface area contributed by atoms with E-state index in [-0.39, 0.29) is 0 Å². The highest BCUT2D eigenvalue weighted by atomic mass is 79.9. The maximum Gasteiger partial charge on any atom is 0.0992 e. The molecular formula is C12H15BrN2O. The molecule has 0 aromatic heterocycles. The SMILES string of the molecule is CCN(CCOC)c1ccc(C#N)cc1Br. The van der Waals surface area contributed by atoms with Crippen molar-refractivity contribution in [1.29, 1.82) is 5.26 Å². The molecule has 0 aliphatic heterocycles. The lowest BCUT2D eigenvalue weighted by Crippen LogP contribution is -2.27. The van der Waals surface area contributed by atoms with Crippen LogP contribution >= 0.6 is 15.9 Å². The van der Waals surface area contributed by atoms with Gasteiger partial charge in [0.15, 0.2) is 0 Å². The lowest BCUT2D eigenvalue weighted by Gasteiger charge is -2.24. The predicted octanol–water partition coefficient (Wildman–Crippen LogP) is 2.79. The average Bonchev–Trinajstić information content (AvgIpc) is 2.31. The molecule has 0 aliphatic carbocycles. The Bertz CT molecular complexity index is 387. The predicted molar refractivity (Wildman–Crippen MR) is 68.6 cm³/mol. The molecule has 86 valence electrons. The zero-order chi connectivity index (χ0) is 12.0. The summed E-state index contributed by atoms with van der Waals surface area (Å²) >= 11 is 3.49. The quantitative estimate of drug-likeness (QED) is 0.833. The lowest BCUT2D eigenvalue weighted by molar-refractivity contribution is 0.205. The molecule has 0 fully saturated rings. The van der Waals surface area contributed by atoms with Crippen molar-refractivity contribution in [2.75, 3.05) is 31.7 Å². The minimum atomic E-state index is 0.665. The Morgan fingerprint density at radius 3 is 2.75 bits per heavy atom. The molecule has 0 saturated heterocycles. The first kappa shape index (κ1) is 13.0. The van der Waals surface area contributed by atoms with Gasteiger partial charge >= 0.3 is 0 Å². The van der Waals surface area contributed by atoms with Crippen LogP contribution in [0, 0.1) is 11.3 Å². The van der Waals surface area contributed by atoms with Crippen LogP contribution in [0.3, 0.4) is 0 Å². The third kappa shape index (κ3) is 3.22. The van der Waals surface area contributed by atoms with Crippen LogP contribution in [-0.4, -0.2) is 26.8 Å². The molecule has 0 unspecified atom stereocenters. The Morgan fingerprint density at radius 1 is 1.50 bits per heavy atom. The molecule has 0 amide bonds. The lowest BCUT2D eigenvalue weighted by atomic mass is 10.2. The molecule has 1 rings (SSSR count). The number of hydrogen-bond acceptors (Lipinski definition) is 3. The summed E-state index contributed by atoms with van der Waals surface area (Å²) in [4.78, 5) is 2.20. The fraction of sp³-hybridized carbons (Fsp3) is 0.417. The van der Waals surface area contributed by atoms with Crippen molar-refractivity contribution in [2.24, 2.45) is 0 Å². The normalized spacial score (nSPS) is 9.88. The van der Waals surface area contributed by atoms with Gasteiger partial charge in [-0.15, -0.1) is 0 Å². The van der Waals surface area contributed by atoms with Crippen LogP contribution in [0.25, 0.3) is 0 Å². The molecule has 0 saturated carbocycles. The average molecular weight is 283 g/mol. The van der Waals surface area contributed by atoms with E-state index in [0.717, 1.165) is 23.2 Å². The molecule has 0 aliphatic rings. The number of rotatable bonds is 5. The number of methoxy groups -OCH3 is 1. The van der Waals surface area contributed by atoms with Crippen LogP contribution < -0.4 is 4.90 Å². The number of nitrogens with zero attached hydrogens (tertiary/aromatic N) is 2. The summed E-state index contributed by atoms with van der Waals surface area (Å²) in [7, 11) is 1.70. The van der Waals surface area contributed by atoms with Gasteiger partial charge in [0.1, 0.15) is 0 Å². The number of likely N-dealkylation sites (N-methyl/N-ethyl adjacent to an activating group) is 1. The zero-order valence-corrected chi connectivity index (χ0v) is 11.1. The molecule has 1 aromatic rings. The number of anilines is 1. The third-order valence-corrected chi connectivity index (χ3v) is 3.00. The Labute approximate surface area is 105 Å². The third-order valence-electron chi connectivity index (χ3n) is 2.36. The van der Waals surface area contributed by atoms with Crippen molar-refractivity contribution < 1.29 is 4.74 Å². The highest BCUT2D eigenvalue weighted by Gasteiger charge is 2.08. The van der Waals surface area contributed by atoms with Gasteiger partial charge in [0, 0.05) is 24.7 Å². The summed E-state index contributed by atoms with van der Waals surface area (Å²) in [6.45, 7) is 4.55. The summed E-state index contributed by atoms with van der Waals surface area (Å²) < 4.78 is 6.02. The fourth-order valence-corrected chi connectivity index (χ4v) is 2.11. The molecule has 0 heterocycles. The summed E-state index contributed by atoms with van der Waals surface area (Å²) in [6.07, 6.45) is 0. The van der Waals surface area contributed by atoms with Gasteiger partial charge < -0.3 is 9.64 Å². The maximum absolute atomic E-state index is 8.79.